The minimum Gasteiger partial charge on any atom is -0.351 e. The molecule has 1 aliphatic rings. The third-order valence-corrected chi connectivity index (χ3v) is 6.38. The smallest absolute Gasteiger partial charge is 0.319 e. The standard InChI is InChI=1S/C27H29F2N3O/c28-24-10-11-25(29)26(17-24)32(27(30)33)19-23-9-5-4-8-22(23)18-31-14-12-21(13-15-31)16-20-6-2-1-3-7-20/h1-11,17,21H,12-16,18-19H2,(H2,30,33). The Balaban J connectivity index is 1.42. The predicted octanol–water partition coefficient (Wildman–Crippen LogP) is 5.50. The molecule has 0 radical (unpaired) electrons. The number of piperidine rings is 1. The number of likely N-dealkylation sites (tertiary alicyclic amines) is 1. The molecule has 172 valence electrons. The molecule has 0 saturated carbocycles. The van der Waals surface area contributed by atoms with Crippen LogP contribution in [0.5, 0.6) is 0 Å². The summed E-state index contributed by atoms with van der Waals surface area (Å²) in [4.78, 5) is 15.6. The summed E-state index contributed by atoms with van der Waals surface area (Å²) in [5.74, 6) is -0.627. The Bertz CT molecular complexity index is 1080. The van der Waals surface area contributed by atoms with Crippen LogP contribution in [0.4, 0.5) is 19.3 Å². The molecule has 33 heavy (non-hydrogen) atoms. The number of nitrogens with zero attached hydrogens (tertiary/aromatic N) is 2. The van der Waals surface area contributed by atoms with Crippen LogP contribution in [0.25, 0.3) is 0 Å². The molecule has 3 aromatic carbocycles. The molecule has 1 heterocycles. The van der Waals surface area contributed by atoms with E-state index in [1.54, 1.807) is 0 Å². The van der Waals surface area contributed by atoms with Crippen molar-refractivity contribution < 1.29 is 13.6 Å². The maximum absolute atomic E-state index is 14.3. The van der Waals surface area contributed by atoms with Crippen LogP contribution < -0.4 is 10.6 Å². The van der Waals surface area contributed by atoms with Gasteiger partial charge in [0, 0.05) is 12.6 Å². The van der Waals surface area contributed by atoms with E-state index in [4.69, 9.17) is 5.73 Å². The van der Waals surface area contributed by atoms with E-state index < -0.39 is 17.7 Å². The highest BCUT2D eigenvalue weighted by Gasteiger charge is 2.22. The lowest BCUT2D eigenvalue weighted by Gasteiger charge is -2.33. The maximum Gasteiger partial charge on any atom is 0.319 e. The fraction of sp³-hybridized carbons (Fsp3) is 0.296. The number of amides is 2. The van der Waals surface area contributed by atoms with Crippen LogP contribution in [0.15, 0.2) is 72.8 Å². The number of anilines is 1. The first-order chi connectivity index (χ1) is 16.0. The number of nitrogens with two attached hydrogens (primary N) is 1. The van der Waals surface area contributed by atoms with Gasteiger partial charge in [0.2, 0.25) is 0 Å². The topological polar surface area (TPSA) is 49.6 Å². The van der Waals surface area contributed by atoms with Crippen molar-refractivity contribution >= 4 is 11.7 Å². The second-order valence-electron chi connectivity index (χ2n) is 8.70. The predicted molar refractivity (Wildman–Crippen MR) is 127 cm³/mol. The quantitative estimate of drug-likeness (QED) is 0.517. The minimum atomic E-state index is -0.823. The van der Waals surface area contributed by atoms with Gasteiger partial charge in [-0.15, -0.1) is 0 Å². The van der Waals surface area contributed by atoms with Crippen LogP contribution in [0, 0.1) is 17.6 Å². The summed E-state index contributed by atoms with van der Waals surface area (Å²) in [6.07, 6.45) is 3.38. The van der Waals surface area contributed by atoms with Gasteiger partial charge < -0.3 is 5.73 Å². The molecule has 2 amide bonds. The molecule has 0 aromatic heterocycles. The van der Waals surface area contributed by atoms with Crippen molar-refractivity contribution in [1.82, 2.24) is 4.90 Å². The number of halogens is 2. The molecule has 4 nitrogen and oxygen atoms in total. The average molecular weight is 450 g/mol. The van der Waals surface area contributed by atoms with Gasteiger partial charge in [-0.1, -0.05) is 54.6 Å². The summed E-state index contributed by atoms with van der Waals surface area (Å²) >= 11 is 0. The summed E-state index contributed by atoms with van der Waals surface area (Å²) in [7, 11) is 0. The maximum atomic E-state index is 14.3. The summed E-state index contributed by atoms with van der Waals surface area (Å²) in [6, 6.07) is 20.6. The number of carbonyl (C=O) groups excluding carboxylic acids is 1. The van der Waals surface area contributed by atoms with Gasteiger partial charge in [0.25, 0.3) is 0 Å². The first kappa shape index (κ1) is 22.9. The molecule has 2 N–H and O–H groups in total. The van der Waals surface area contributed by atoms with Crippen LogP contribution >= 0.6 is 0 Å². The van der Waals surface area contributed by atoms with Crippen molar-refractivity contribution in [2.24, 2.45) is 11.7 Å². The zero-order valence-corrected chi connectivity index (χ0v) is 18.6. The van der Waals surface area contributed by atoms with Crippen LogP contribution in [0.2, 0.25) is 0 Å². The van der Waals surface area contributed by atoms with Crippen LogP contribution in [0.3, 0.4) is 0 Å². The molecule has 0 aliphatic carbocycles. The van der Waals surface area contributed by atoms with Gasteiger partial charge in [0.15, 0.2) is 0 Å². The highest BCUT2D eigenvalue weighted by Crippen LogP contribution is 2.26. The monoisotopic (exact) mass is 449 g/mol. The molecule has 0 atom stereocenters. The first-order valence-corrected chi connectivity index (χ1v) is 11.3. The highest BCUT2D eigenvalue weighted by molar-refractivity contribution is 5.90. The number of hydrogen-bond donors (Lipinski definition) is 1. The summed E-state index contributed by atoms with van der Waals surface area (Å²) < 4.78 is 28.0. The van der Waals surface area contributed by atoms with E-state index in [1.165, 1.54) is 5.56 Å². The van der Waals surface area contributed by atoms with Crippen molar-refractivity contribution in [2.45, 2.75) is 32.4 Å². The Morgan fingerprint density at radius 3 is 2.30 bits per heavy atom. The fourth-order valence-electron chi connectivity index (χ4n) is 4.55. The average Bonchev–Trinajstić information content (AvgIpc) is 2.82. The Hall–Kier alpha value is -3.25. The van der Waals surface area contributed by atoms with Crippen molar-refractivity contribution in [3.63, 3.8) is 0 Å². The van der Waals surface area contributed by atoms with Crippen molar-refractivity contribution in [3.8, 4) is 0 Å². The summed E-state index contributed by atoms with van der Waals surface area (Å²) in [5, 5.41) is 0. The van der Waals surface area contributed by atoms with Gasteiger partial charge in [-0.2, -0.15) is 0 Å². The van der Waals surface area contributed by atoms with Gasteiger partial charge >= 0.3 is 6.03 Å². The van der Waals surface area contributed by atoms with Gasteiger partial charge in [-0.25, -0.2) is 13.6 Å². The van der Waals surface area contributed by atoms with Crippen molar-refractivity contribution in [1.29, 1.82) is 0 Å². The summed E-state index contributed by atoms with van der Waals surface area (Å²) in [5.41, 5.74) is 8.69. The molecule has 6 heteroatoms. The molecule has 0 spiro atoms. The Labute approximate surface area is 193 Å². The van der Waals surface area contributed by atoms with Crippen LogP contribution in [0.1, 0.15) is 29.5 Å². The number of urea groups is 1. The zero-order chi connectivity index (χ0) is 23.2. The van der Waals surface area contributed by atoms with Gasteiger partial charge in [-0.05, 0) is 67.1 Å². The number of carbonyl (C=O) groups is 1. The van der Waals surface area contributed by atoms with Crippen LogP contribution in [-0.4, -0.2) is 24.0 Å². The van der Waals surface area contributed by atoms with Crippen molar-refractivity contribution in [3.05, 3.63) is 101 Å². The SMILES string of the molecule is NC(=O)N(Cc1ccccc1CN1CCC(Cc2ccccc2)CC1)c1cc(F)ccc1F. The lowest BCUT2D eigenvalue weighted by Crippen LogP contribution is -2.37. The van der Waals surface area contributed by atoms with Crippen molar-refractivity contribution in [2.75, 3.05) is 18.0 Å². The third kappa shape index (κ3) is 5.96. The highest BCUT2D eigenvalue weighted by atomic mass is 19.1. The number of primary amides is 1. The second-order valence-corrected chi connectivity index (χ2v) is 8.70. The zero-order valence-electron chi connectivity index (χ0n) is 18.6. The molecule has 3 aromatic rings. The lowest BCUT2D eigenvalue weighted by molar-refractivity contribution is 0.176. The van der Waals surface area contributed by atoms with E-state index in [0.717, 1.165) is 73.1 Å². The van der Waals surface area contributed by atoms with E-state index in [0.29, 0.717) is 5.92 Å². The minimum absolute atomic E-state index is 0.0797. The largest absolute Gasteiger partial charge is 0.351 e. The van der Waals surface area contributed by atoms with E-state index in [-0.39, 0.29) is 12.2 Å². The molecule has 1 aliphatic heterocycles. The fourth-order valence-corrected chi connectivity index (χ4v) is 4.55. The molecule has 1 saturated heterocycles. The second kappa shape index (κ2) is 10.6. The summed E-state index contributed by atoms with van der Waals surface area (Å²) in [6.45, 7) is 2.83. The van der Waals surface area contributed by atoms with Crippen LogP contribution in [-0.2, 0) is 19.5 Å². The van der Waals surface area contributed by atoms with E-state index >= 15 is 0 Å². The molecule has 0 unspecified atom stereocenters. The van der Waals surface area contributed by atoms with E-state index in [1.807, 2.05) is 30.3 Å². The third-order valence-electron chi connectivity index (χ3n) is 6.38. The lowest BCUT2D eigenvalue weighted by atomic mass is 9.90. The Kier molecular flexibility index (Phi) is 7.35. The first-order valence-electron chi connectivity index (χ1n) is 11.3. The molecular formula is C27H29F2N3O. The van der Waals surface area contributed by atoms with Gasteiger partial charge in [0.05, 0.1) is 12.2 Å². The molecular weight excluding hydrogens is 420 g/mol. The van der Waals surface area contributed by atoms with Gasteiger partial charge in [-0.3, -0.25) is 9.80 Å². The van der Waals surface area contributed by atoms with E-state index in [2.05, 4.69) is 29.2 Å². The molecule has 1 fully saturated rings. The molecule has 4 rings (SSSR count). The molecule has 0 bridgehead atoms. The number of rotatable bonds is 7. The Morgan fingerprint density at radius 2 is 1.61 bits per heavy atom. The van der Waals surface area contributed by atoms with Gasteiger partial charge in [0.1, 0.15) is 11.6 Å². The number of benzene rings is 3. The number of hydrogen-bond acceptors (Lipinski definition) is 2. The Morgan fingerprint density at radius 1 is 0.939 bits per heavy atom. The van der Waals surface area contributed by atoms with E-state index in [9.17, 15) is 13.6 Å². The normalized spacial score (nSPS) is 14.8.